The summed E-state index contributed by atoms with van der Waals surface area (Å²) in [5.41, 5.74) is 0.114. The van der Waals surface area contributed by atoms with Crippen molar-refractivity contribution in [1.29, 1.82) is 0 Å². The predicted molar refractivity (Wildman–Crippen MR) is 73.7 cm³/mol. The Labute approximate surface area is 116 Å². The summed E-state index contributed by atoms with van der Waals surface area (Å²) >= 11 is 2.12. The summed E-state index contributed by atoms with van der Waals surface area (Å²) in [6.45, 7) is 1.43. The van der Waals surface area contributed by atoms with E-state index in [2.05, 4.69) is 32.9 Å². The van der Waals surface area contributed by atoms with Gasteiger partial charge in [0, 0.05) is 27.3 Å². The SMILES string of the molecule is CNc1c(C)c(C(F)(F)F)nc2ccc(I)cc12. The number of hydrogen-bond donors (Lipinski definition) is 1. The summed E-state index contributed by atoms with van der Waals surface area (Å²) in [6, 6.07) is 5.17. The molecule has 0 fully saturated rings. The number of halogens is 4. The maximum Gasteiger partial charge on any atom is 0.433 e. The molecule has 0 spiro atoms. The van der Waals surface area contributed by atoms with E-state index in [1.807, 2.05) is 6.07 Å². The second-order valence-electron chi connectivity index (χ2n) is 3.87. The standard InChI is InChI=1S/C12H10F3IN2/c1-6-10(17-2)8-5-7(16)3-4-9(8)18-11(6)12(13,14)15/h3-5H,1-2H3,(H,17,18). The van der Waals surface area contributed by atoms with Crippen LogP contribution in [0.5, 0.6) is 0 Å². The largest absolute Gasteiger partial charge is 0.433 e. The van der Waals surface area contributed by atoms with Crippen LogP contribution in [0.15, 0.2) is 18.2 Å². The number of hydrogen-bond acceptors (Lipinski definition) is 2. The zero-order valence-electron chi connectivity index (χ0n) is 9.69. The summed E-state index contributed by atoms with van der Waals surface area (Å²) in [7, 11) is 1.61. The summed E-state index contributed by atoms with van der Waals surface area (Å²) in [6.07, 6.45) is -4.44. The van der Waals surface area contributed by atoms with E-state index >= 15 is 0 Å². The molecule has 0 saturated heterocycles. The van der Waals surface area contributed by atoms with Crippen LogP contribution in [0.3, 0.4) is 0 Å². The maximum atomic E-state index is 12.9. The first-order valence-electron chi connectivity index (χ1n) is 5.19. The van der Waals surface area contributed by atoms with Crippen molar-refractivity contribution in [1.82, 2.24) is 4.98 Å². The number of alkyl halides is 3. The van der Waals surface area contributed by atoms with E-state index in [1.165, 1.54) is 6.92 Å². The minimum Gasteiger partial charge on any atom is -0.387 e. The summed E-state index contributed by atoms with van der Waals surface area (Å²) in [5, 5.41) is 3.54. The van der Waals surface area contributed by atoms with Crippen molar-refractivity contribution >= 4 is 39.2 Å². The molecule has 1 N–H and O–H groups in total. The molecule has 1 aromatic heterocycles. The van der Waals surface area contributed by atoms with Crippen molar-refractivity contribution in [3.8, 4) is 0 Å². The Morgan fingerprint density at radius 3 is 2.50 bits per heavy atom. The van der Waals surface area contributed by atoms with Gasteiger partial charge in [0.1, 0.15) is 5.69 Å². The summed E-state index contributed by atoms with van der Waals surface area (Å²) < 4.78 is 39.6. The summed E-state index contributed by atoms with van der Waals surface area (Å²) in [5.74, 6) is 0. The number of anilines is 1. The van der Waals surface area contributed by atoms with Crippen LogP contribution >= 0.6 is 22.6 Å². The van der Waals surface area contributed by atoms with Crippen LogP contribution < -0.4 is 5.32 Å². The molecule has 6 heteroatoms. The van der Waals surface area contributed by atoms with Gasteiger partial charge in [0.25, 0.3) is 0 Å². The summed E-state index contributed by atoms with van der Waals surface area (Å²) in [4.78, 5) is 3.73. The highest BCUT2D eigenvalue weighted by Gasteiger charge is 2.35. The van der Waals surface area contributed by atoms with Gasteiger partial charge in [-0.05, 0) is 47.7 Å². The zero-order valence-corrected chi connectivity index (χ0v) is 11.8. The Morgan fingerprint density at radius 1 is 1.28 bits per heavy atom. The van der Waals surface area contributed by atoms with Crippen LogP contribution in [-0.4, -0.2) is 12.0 Å². The van der Waals surface area contributed by atoms with Crippen LogP contribution in [0.1, 0.15) is 11.3 Å². The second-order valence-corrected chi connectivity index (χ2v) is 5.12. The second kappa shape index (κ2) is 4.56. The molecule has 18 heavy (non-hydrogen) atoms. The van der Waals surface area contributed by atoms with Crippen molar-refractivity contribution < 1.29 is 13.2 Å². The van der Waals surface area contributed by atoms with Gasteiger partial charge >= 0.3 is 6.18 Å². The van der Waals surface area contributed by atoms with Crippen LogP contribution in [0.25, 0.3) is 10.9 Å². The van der Waals surface area contributed by atoms with E-state index < -0.39 is 11.9 Å². The highest BCUT2D eigenvalue weighted by atomic mass is 127. The highest BCUT2D eigenvalue weighted by Crippen LogP contribution is 2.37. The molecule has 96 valence electrons. The number of nitrogens with zero attached hydrogens (tertiary/aromatic N) is 1. The number of aromatic nitrogens is 1. The monoisotopic (exact) mass is 366 g/mol. The molecule has 0 bridgehead atoms. The van der Waals surface area contributed by atoms with Gasteiger partial charge in [-0.25, -0.2) is 4.98 Å². The Balaban J connectivity index is 2.87. The first kappa shape index (κ1) is 13.4. The Bertz CT molecular complexity index is 608. The average molecular weight is 366 g/mol. The van der Waals surface area contributed by atoms with Gasteiger partial charge in [-0.2, -0.15) is 13.2 Å². The molecule has 0 aliphatic rings. The van der Waals surface area contributed by atoms with Gasteiger partial charge < -0.3 is 5.32 Å². The first-order valence-corrected chi connectivity index (χ1v) is 6.27. The Kier molecular flexibility index (Phi) is 3.39. The van der Waals surface area contributed by atoms with Gasteiger partial charge in [-0.3, -0.25) is 0 Å². The molecule has 0 amide bonds. The first-order chi connectivity index (χ1) is 8.34. The number of rotatable bonds is 1. The Hall–Kier alpha value is -1.05. The van der Waals surface area contributed by atoms with Crippen molar-refractivity contribution in [3.05, 3.63) is 33.0 Å². The van der Waals surface area contributed by atoms with Crippen molar-refractivity contribution in [2.24, 2.45) is 0 Å². The molecule has 2 aromatic rings. The van der Waals surface area contributed by atoms with Gasteiger partial charge in [0.05, 0.1) is 5.52 Å². The number of benzene rings is 1. The third-order valence-electron chi connectivity index (χ3n) is 2.71. The number of fused-ring (bicyclic) bond motifs is 1. The van der Waals surface area contributed by atoms with Crippen LogP contribution in [0, 0.1) is 10.5 Å². The molecule has 0 aliphatic heterocycles. The molecule has 0 aliphatic carbocycles. The minimum absolute atomic E-state index is 0.125. The quantitative estimate of drug-likeness (QED) is 0.765. The van der Waals surface area contributed by atoms with Gasteiger partial charge in [-0.15, -0.1) is 0 Å². The van der Waals surface area contributed by atoms with E-state index in [0.717, 1.165) is 3.57 Å². The third-order valence-corrected chi connectivity index (χ3v) is 3.38. The topological polar surface area (TPSA) is 24.9 Å². The molecular weight excluding hydrogens is 356 g/mol. The van der Waals surface area contributed by atoms with E-state index in [4.69, 9.17) is 0 Å². The van der Waals surface area contributed by atoms with E-state index in [9.17, 15) is 13.2 Å². The average Bonchev–Trinajstić information content (AvgIpc) is 2.26. The molecule has 1 aromatic carbocycles. The lowest BCUT2D eigenvalue weighted by atomic mass is 10.1. The Morgan fingerprint density at radius 2 is 1.94 bits per heavy atom. The minimum atomic E-state index is -4.44. The normalized spacial score (nSPS) is 11.9. The molecule has 0 radical (unpaired) electrons. The fourth-order valence-electron chi connectivity index (χ4n) is 1.93. The fraction of sp³-hybridized carbons (Fsp3) is 0.250. The molecule has 2 nitrogen and oxygen atoms in total. The molecular formula is C12H10F3IN2. The van der Waals surface area contributed by atoms with Crippen molar-refractivity contribution in [2.75, 3.05) is 12.4 Å². The lowest BCUT2D eigenvalue weighted by Crippen LogP contribution is -2.12. The van der Waals surface area contributed by atoms with Crippen LogP contribution in [0.2, 0.25) is 0 Å². The van der Waals surface area contributed by atoms with Crippen LogP contribution in [0.4, 0.5) is 18.9 Å². The molecule has 0 unspecified atom stereocenters. The van der Waals surface area contributed by atoms with Gasteiger partial charge in [0.2, 0.25) is 0 Å². The van der Waals surface area contributed by atoms with E-state index in [0.29, 0.717) is 16.6 Å². The highest BCUT2D eigenvalue weighted by molar-refractivity contribution is 14.1. The molecule has 1 heterocycles. The third kappa shape index (κ3) is 2.25. The maximum absolute atomic E-state index is 12.9. The number of nitrogens with one attached hydrogen (secondary N) is 1. The lowest BCUT2D eigenvalue weighted by Gasteiger charge is -2.16. The van der Waals surface area contributed by atoms with E-state index in [1.54, 1.807) is 19.2 Å². The lowest BCUT2D eigenvalue weighted by molar-refractivity contribution is -0.141. The van der Waals surface area contributed by atoms with Gasteiger partial charge in [0.15, 0.2) is 0 Å². The fourth-order valence-corrected chi connectivity index (χ4v) is 2.42. The van der Waals surface area contributed by atoms with Crippen molar-refractivity contribution in [3.63, 3.8) is 0 Å². The molecule has 2 rings (SSSR count). The predicted octanol–water partition coefficient (Wildman–Crippen LogP) is 4.21. The zero-order chi connectivity index (χ0) is 13.5. The van der Waals surface area contributed by atoms with E-state index in [-0.39, 0.29) is 5.56 Å². The molecule has 0 atom stereocenters. The van der Waals surface area contributed by atoms with Gasteiger partial charge in [-0.1, -0.05) is 0 Å². The number of pyridine rings is 1. The molecule has 0 saturated carbocycles. The van der Waals surface area contributed by atoms with Crippen molar-refractivity contribution in [2.45, 2.75) is 13.1 Å². The smallest absolute Gasteiger partial charge is 0.387 e. The van der Waals surface area contributed by atoms with Crippen LogP contribution in [-0.2, 0) is 6.18 Å².